The van der Waals surface area contributed by atoms with Crippen molar-refractivity contribution in [2.75, 3.05) is 0 Å². The van der Waals surface area contributed by atoms with E-state index in [2.05, 4.69) is 0 Å². The minimum Gasteiger partial charge on any atom is -0.550 e. The summed E-state index contributed by atoms with van der Waals surface area (Å²) in [5.74, 6) is -5.42. The van der Waals surface area contributed by atoms with Crippen LogP contribution in [0.2, 0.25) is 0 Å². The molecule has 4 N–H and O–H groups in total. The summed E-state index contributed by atoms with van der Waals surface area (Å²) in [5, 5.41) is 44.4. The fourth-order valence-electron chi connectivity index (χ4n) is 0. The Morgan fingerprint density at radius 1 is 0.455 bits per heavy atom. The fraction of sp³-hybridized carbons (Fsp3) is 0.500. The Hall–Kier alpha value is -1.31. The topological polar surface area (TPSA) is 237 Å². The molecule has 0 rings (SSSR count). The maximum Gasteiger partial charge on any atom is 4.00 e. The molecule has 12 heteroatoms. The van der Waals surface area contributed by atoms with Crippen LogP contribution in [0, 0.1) is 41.7 Å². The largest absolute Gasteiger partial charge is 4.00 e. The second-order valence-corrected chi connectivity index (χ2v) is 2.46. The van der Waals surface area contributed by atoms with Crippen molar-refractivity contribution in [2.45, 2.75) is 34.6 Å². The number of carbonyl (C=O) groups is 5. The normalized spacial score (nSPS) is 5.68. The molecule has 0 aliphatic rings. The van der Waals surface area contributed by atoms with Crippen molar-refractivity contribution in [3.8, 4) is 0 Å². The Labute approximate surface area is 161 Å². The Bertz CT molecular complexity index is 216. The van der Waals surface area contributed by atoms with Crippen LogP contribution < -0.4 is 31.7 Å². The molecule has 0 aromatic carbocycles. The molecule has 22 heavy (non-hydrogen) atoms. The first-order chi connectivity index (χ1) is 8.66. The van der Waals surface area contributed by atoms with Gasteiger partial charge < -0.3 is 55.7 Å². The predicted molar refractivity (Wildman–Crippen MR) is 59.4 cm³/mol. The van der Waals surface area contributed by atoms with Crippen molar-refractivity contribution in [2.24, 2.45) is 0 Å². The molecule has 0 aromatic heterocycles. The van der Waals surface area contributed by atoms with Crippen molar-refractivity contribution in [1.29, 1.82) is 0 Å². The summed E-state index contributed by atoms with van der Waals surface area (Å²) in [6.07, 6.45) is 0. The molecule has 0 fully saturated rings. The summed E-state index contributed by atoms with van der Waals surface area (Å²) >= 11 is 0. The third-order valence-corrected chi connectivity index (χ3v) is 0. The molecular formula is C10H19CeNO10. The van der Waals surface area contributed by atoms with Gasteiger partial charge in [0.15, 0.2) is 0 Å². The SMILES string of the molecule is CC(=O)[O-].CC(=O)[O-].CC(=O)[O-].CC(=O)[O-].CC(=O)[O-].[Ce+4].[NH4+]. The first kappa shape index (κ1) is 42.8. The van der Waals surface area contributed by atoms with Crippen LogP contribution in [-0.4, -0.2) is 29.8 Å². The van der Waals surface area contributed by atoms with Crippen molar-refractivity contribution in [3.63, 3.8) is 0 Å². The molecule has 0 aromatic rings. The molecule has 0 atom stereocenters. The van der Waals surface area contributed by atoms with E-state index in [1.54, 1.807) is 0 Å². The van der Waals surface area contributed by atoms with Crippen molar-refractivity contribution < 1.29 is 91.3 Å². The maximum atomic E-state index is 8.89. The van der Waals surface area contributed by atoms with E-state index in [0.717, 1.165) is 34.6 Å². The summed E-state index contributed by atoms with van der Waals surface area (Å²) in [7, 11) is 0. The number of carboxylic acids is 5. The first-order valence-electron chi connectivity index (χ1n) is 4.54. The predicted octanol–water partition coefficient (Wildman–Crippen LogP) is -5.84. The average Bonchev–Trinajstić information content (AvgIpc) is 1.94. The van der Waals surface area contributed by atoms with Gasteiger partial charge in [0.05, 0.1) is 0 Å². The smallest absolute Gasteiger partial charge is 0.550 e. The van der Waals surface area contributed by atoms with Gasteiger partial charge in [-0.25, -0.2) is 0 Å². The Morgan fingerprint density at radius 2 is 0.455 bits per heavy atom. The zero-order valence-corrected chi connectivity index (χ0v) is 16.2. The molecule has 0 aliphatic heterocycles. The van der Waals surface area contributed by atoms with E-state index < -0.39 is 29.8 Å². The van der Waals surface area contributed by atoms with Crippen LogP contribution in [0.3, 0.4) is 0 Å². The van der Waals surface area contributed by atoms with Gasteiger partial charge in [-0.3, -0.25) is 0 Å². The average molecular weight is 453 g/mol. The van der Waals surface area contributed by atoms with Gasteiger partial charge in [-0.15, -0.1) is 0 Å². The third kappa shape index (κ3) is 3390. The van der Waals surface area contributed by atoms with E-state index in [9.17, 15) is 0 Å². The van der Waals surface area contributed by atoms with E-state index in [4.69, 9.17) is 49.5 Å². The van der Waals surface area contributed by atoms with E-state index in [1.165, 1.54) is 0 Å². The molecule has 128 valence electrons. The van der Waals surface area contributed by atoms with Gasteiger partial charge in [-0.1, -0.05) is 0 Å². The van der Waals surface area contributed by atoms with Crippen LogP contribution in [0.4, 0.5) is 0 Å². The molecule has 0 saturated heterocycles. The number of hydrogen-bond acceptors (Lipinski definition) is 10. The molecule has 0 saturated carbocycles. The van der Waals surface area contributed by atoms with Gasteiger partial charge in [-0.05, 0) is 34.6 Å². The van der Waals surface area contributed by atoms with Crippen LogP contribution in [-0.2, 0) is 24.0 Å². The molecule has 0 unspecified atom stereocenters. The van der Waals surface area contributed by atoms with Gasteiger partial charge in [-0.2, -0.15) is 0 Å². The Morgan fingerprint density at radius 3 is 0.455 bits per heavy atom. The van der Waals surface area contributed by atoms with E-state index in [1.807, 2.05) is 0 Å². The quantitative estimate of drug-likeness (QED) is 0.364. The molecular weight excluding hydrogens is 434 g/mol. The summed E-state index contributed by atoms with van der Waals surface area (Å²) < 4.78 is 0. The van der Waals surface area contributed by atoms with Gasteiger partial charge in [0.2, 0.25) is 0 Å². The summed E-state index contributed by atoms with van der Waals surface area (Å²) in [6.45, 7) is 4.86. The van der Waals surface area contributed by atoms with Gasteiger partial charge in [0, 0.05) is 29.8 Å². The van der Waals surface area contributed by atoms with E-state index in [0.29, 0.717) is 0 Å². The van der Waals surface area contributed by atoms with Crippen LogP contribution in [0.1, 0.15) is 34.6 Å². The van der Waals surface area contributed by atoms with E-state index in [-0.39, 0.29) is 47.9 Å². The number of carboxylic acid groups (broad SMARTS) is 5. The van der Waals surface area contributed by atoms with Gasteiger partial charge in [0.1, 0.15) is 0 Å². The summed E-state index contributed by atoms with van der Waals surface area (Å²) in [4.78, 5) is 44.4. The minimum atomic E-state index is -1.08. The third-order valence-electron chi connectivity index (χ3n) is 0. The van der Waals surface area contributed by atoms with Crippen LogP contribution in [0.5, 0.6) is 0 Å². The second-order valence-electron chi connectivity index (χ2n) is 2.46. The summed E-state index contributed by atoms with van der Waals surface area (Å²) in [6, 6.07) is 0. The number of quaternary nitrogens is 1. The molecule has 0 bridgehead atoms. The van der Waals surface area contributed by atoms with E-state index >= 15 is 0 Å². The number of aliphatic carboxylic acids is 5. The maximum absolute atomic E-state index is 8.89. The van der Waals surface area contributed by atoms with Crippen molar-refractivity contribution in [1.82, 2.24) is 6.15 Å². The molecule has 0 radical (unpaired) electrons. The summed E-state index contributed by atoms with van der Waals surface area (Å²) in [5.41, 5.74) is 0. The molecule has 0 heterocycles. The zero-order chi connectivity index (χ0) is 17.9. The zero-order valence-electron chi connectivity index (χ0n) is 13.1. The van der Waals surface area contributed by atoms with Crippen molar-refractivity contribution >= 4 is 29.8 Å². The molecule has 0 aliphatic carbocycles. The number of carbonyl (C=O) groups excluding carboxylic acids is 5. The second kappa shape index (κ2) is 36.7. The van der Waals surface area contributed by atoms with Gasteiger partial charge in [0.25, 0.3) is 0 Å². The number of rotatable bonds is 0. The Balaban J connectivity index is -0.0000000250. The van der Waals surface area contributed by atoms with Crippen molar-refractivity contribution in [3.05, 3.63) is 0 Å². The fourth-order valence-corrected chi connectivity index (χ4v) is 0. The van der Waals surface area contributed by atoms with Crippen LogP contribution in [0.15, 0.2) is 0 Å². The van der Waals surface area contributed by atoms with Gasteiger partial charge >= 0.3 is 41.7 Å². The minimum absolute atomic E-state index is 0. The monoisotopic (exact) mass is 453 g/mol. The molecule has 11 nitrogen and oxygen atoms in total. The van der Waals surface area contributed by atoms with Crippen LogP contribution >= 0.6 is 0 Å². The van der Waals surface area contributed by atoms with Crippen LogP contribution in [0.25, 0.3) is 0 Å². The number of hydrogen-bond donors (Lipinski definition) is 1. The first-order valence-corrected chi connectivity index (χ1v) is 4.54. The standard InChI is InChI=1S/5C2H4O2.Ce.H3N/c5*1-2(3)4;;/h5*1H3,(H,3,4);;1H3/q;;;;;+4;/p-4. The Kier molecular flexibility index (Phi) is 71.4. The molecule has 0 amide bonds. The molecule has 0 spiro atoms.